The molecule has 184 valence electrons. The normalized spacial score (nSPS) is 14.1. The predicted molar refractivity (Wildman–Crippen MR) is 138 cm³/mol. The molecular formula is C26H28ClFN4O2S. The predicted octanol–water partition coefficient (Wildman–Crippen LogP) is 4.96. The van der Waals surface area contributed by atoms with Gasteiger partial charge in [0.2, 0.25) is 5.91 Å². The van der Waals surface area contributed by atoms with Gasteiger partial charge in [0.05, 0.1) is 6.42 Å². The second kappa shape index (κ2) is 12.2. The van der Waals surface area contributed by atoms with Crippen molar-refractivity contribution in [2.45, 2.75) is 13.0 Å². The molecule has 0 saturated carbocycles. The Labute approximate surface area is 213 Å². The van der Waals surface area contributed by atoms with Gasteiger partial charge in [-0.3, -0.25) is 9.69 Å². The largest absolute Gasteiger partial charge is 0.337 e. The summed E-state index contributed by atoms with van der Waals surface area (Å²) in [6.45, 7) is 4.41. The van der Waals surface area contributed by atoms with Crippen molar-refractivity contribution in [3.05, 3.63) is 87.3 Å². The van der Waals surface area contributed by atoms with E-state index in [1.807, 2.05) is 22.4 Å². The molecule has 3 aromatic rings. The number of carbonyl (C=O) groups excluding carboxylic acids is 2. The average molecular weight is 515 g/mol. The van der Waals surface area contributed by atoms with Gasteiger partial charge in [-0.15, -0.1) is 11.3 Å². The lowest BCUT2D eigenvalue weighted by Gasteiger charge is -2.36. The summed E-state index contributed by atoms with van der Waals surface area (Å²) in [6.07, 6.45) is 0.359. The van der Waals surface area contributed by atoms with Crippen molar-refractivity contribution in [1.29, 1.82) is 0 Å². The lowest BCUT2D eigenvalue weighted by atomic mass is 10.2. The van der Waals surface area contributed by atoms with Gasteiger partial charge in [-0.25, -0.2) is 9.18 Å². The highest BCUT2D eigenvalue weighted by molar-refractivity contribution is 7.10. The number of hydrogen-bond acceptors (Lipinski definition) is 4. The van der Waals surface area contributed by atoms with Crippen LogP contribution in [0.15, 0.2) is 66.0 Å². The number of benzene rings is 2. The first-order valence-electron chi connectivity index (χ1n) is 11.5. The van der Waals surface area contributed by atoms with Crippen molar-refractivity contribution in [3.8, 4) is 0 Å². The number of carbonyl (C=O) groups is 2. The van der Waals surface area contributed by atoms with Crippen LogP contribution in [-0.4, -0.2) is 65.9 Å². The Bertz CT molecular complexity index is 1100. The maximum Gasteiger partial charge on any atom is 0.321 e. The van der Waals surface area contributed by atoms with Crippen LogP contribution in [0.2, 0.25) is 5.02 Å². The number of rotatable bonds is 8. The Kier molecular flexibility index (Phi) is 8.74. The summed E-state index contributed by atoms with van der Waals surface area (Å²) >= 11 is 7.47. The number of nitrogens with zero attached hydrogens (tertiary/aromatic N) is 3. The highest BCUT2D eigenvalue weighted by Crippen LogP contribution is 2.16. The molecular weight excluding hydrogens is 487 g/mol. The molecule has 1 fully saturated rings. The van der Waals surface area contributed by atoms with Crippen LogP contribution < -0.4 is 5.32 Å². The Morgan fingerprint density at radius 2 is 1.71 bits per heavy atom. The topological polar surface area (TPSA) is 55.9 Å². The van der Waals surface area contributed by atoms with E-state index < -0.39 is 0 Å². The number of nitrogens with one attached hydrogen (secondary N) is 1. The minimum Gasteiger partial charge on any atom is -0.337 e. The first kappa shape index (κ1) is 25.2. The van der Waals surface area contributed by atoms with E-state index in [4.69, 9.17) is 11.6 Å². The number of piperazine rings is 1. The van der Waals surface area contributed by atoms with Gasteiger partial charge in [0, 0.05) is 61.4 Å². The molecule has 2 aromatic carbocycles. The maximum absolute atomic E-state index is 13.3. The van der Waals surface area contributed by atoms with Gasteiger partial charge in [-0.1, -0.05) is 29.8 Å². The molecule has 1 aliphatic heterocycles. The van der Waals surface area contributed by atoms with Gasteiger partial charge < -0.3 is 15.1 Å². The highest BCUT2D eigenvalue weighted by atomic mass is 35.5. The van der Waals surface area contributed by atoms with Crippen LogP contribution in [0.5, 0.6) is 0 Å². The molecule has 35 heavy (non-hydrogen) atoms. The van der Waals surface area contributed by atoms with E-state index in [0.717, 1.165) is 23.5 Å². The summed E-state index contributed by atoms with van der Waals surface area (Å²) < 4.78 is 13.3. The molecule has 0 radical (unpaired) electrons. The number of halogens is 2. The molecule has 0 spiro atoms. The third kappa shape index (κ3) is 7.52. The highest BCUT2D eigenvalue weighted by Gasteiger charge is 2.23. The first-order chi connectivity index (χ1) is 17.0. The summed E-state index contributed by atoms with van der Waals surface area (Å²) in [6, 6.07) is 17.1. The molecule has 0 atom stereocenters. The molecule has 0 unspecified atom stereocenters. The third-order valence-corrected chi connectivity index (χ3v) is 7.11. The second-order valence-corrected chi connectivity index (χ2v) is 9.93. The van der Waals surface area contributed by atoms with E-state index in [1.54, 1.807) is 52.6 Å². The van der Waals surface area contributed by atoms with Crippen molar-refractivity contribution in [1.82, 2.24) is 14.7 Å². The fraction of sp³-hybridized carbons (Fsp3) is 0.308. The molecule has 9 heteroatoms. The van der Waals surface area contributed by atoms with Gasteiger partial charge in [-0.05, 0) is 53.4 Å². The fourth-order valence-corrected chi connectivity index (χ4v) is 4.77. The first-order valence-corrected chi connectivity index (χ1v) is 12.8. The summed E-state index contributed by atoms with van der Waals surface area (Å²) in [5.74, 6) is -0.235. The van der Waals surface area contributed by atoms with Gasteiger partial charge in [0.15, 0.2) is 0 Å². The number of thiophene rings is 1. The van der Waals surface area contributed by atoms with Crippen molar-refractivity contribution >= 4 is 40.6 Å². The molecule has 0 bridgehead atoms. The van der Waals surface area contributed by atoms with Crippen molar-refractivity contribution in [3.63, 3.8) is 0 Å². The number of hydrogen-bond donors (Lipinski definition) is 1. The van der Waals surface area contributed by atoms with Crippen LogP contribution in [0.4, 0.5) is 14.9 Å². The van der Waals surface area contributed by atoms with Gasteiger partial charge in [0.1, 0.15) is 5.82 Å². The number of amides is 3. The Morgan fingerprint density at radius 1 is 1.00 bits per heavy atom. The molecule has 6 nitrogen and oxygen atoms in total. The van der Waals surface area contributed by atoms with Crippen LogP contribution in [-0.2, 0) is 17.8 Å². The molecule has 1 N–H and O–H groups in total. The quantitative estimate of drug-likeness (QED) is 0.462. The summed E-state index contributed by atoms with van der Waals surface area (Å²) in [7, 11) is 0. The monoisotopic (exact) mass is 514 g/mol. The van der Waals surface area contributed by atoms with Crippen LogP contribution in [0.3, 0.4) is 0 Å². The van der Waals surface area contributed by atoms with E-state index in [-0.39, 0.29) is 17.8 Å². The van der Waals surface area contributed by atoms with Crippen LogP contribution in [0.25, 0.3) is 0 Å². The lowest BCUT2D eigenvalue weighted by Crippen LogP contribution is -2.51. The van der Waals surface area contributed by atoms with Gasteiger partial charge in [0.25, 0.3) is 0 Å². The van der Waals surface area contributed by atoms with E-state index in [2.05, 4.69) is 10.2 Å². The van der Waals surface area contributed by atoms with Gasteiger partial charge in [-0.2, -0.15) is 0 Å². The molecule has 1 aromatic heterocycles. The zero-order valence-corrected chi connectivity index (χ0v) is 20.9. The lowest BCUT2D eigenvalue weighted by molar-refractivity contribution is -0.131. The minimum atomic E-state index is -0.289. The second-order valence-electron chi connectivity index (χ2n) is 8.46. The smallest absolute Gasteiger partial charge is 0.321 e. The molecule has 0 aliphatic carbocycles. The summed E-state index contributed by atoms with van der Waals surface area (Å²) in [5, 5.41) is 5.49. The van der Waals surface area contributed by atoms with E-state index in [0.29, 0.717) is 49.9 Å². The van der Waals surface area contributed by atoms with E-state index in [1.165, 1.54) is 12.1 Å². The summed E-state index contributed by atoms with van der Waals surface area (Å²) in [5.41, 5.74) is 1.61. The van der Waals surface area contributed by atoms with Crippen molar-refractivity contribution in [2.24, 2.45) is 0 Å². The number of anilines is 1. The fourth-order valence-electron chi connectivity index (χ4n) is 3.95. The molecule has 2 heterocycles. The summed E-state index contributed by atoms with van der Waals surface area (Å²) in [4.78, 5) is 32.6. The Balaban J connectivity index is 1.29. The third-order valence-electron chi connectivity index (χ3n) is 5.99. The minimum absolute atomic E-state index is 0.0535. The zero-order chi connectivity index (χ0) is 24.6. The van der Waals surface area contributed by atoms with Crippen LogP contribution in [0.1, 0.15) is 10.4 Å². The molecule has 3 amide bonds. The van der Waals surface area contributed by atoms with Crippen molar-refractivity contribution in [2.75, 3.05) is 44.6 Å². The molecule has 1 aliphatic rings. The Morgan fingerprint density at radius 3 is 2.37 bits per heavy atom. The van der Waals surface area contributed by atoms with Crippen LogP contribution in [0, 0.1) is 5.82 Å². The number of urea groups is 1. The molecule has 1 saturated heterocycles. The SMILES string of the molecule is O=C(Cc1cccs1)N(CCN1CCN(C(=O)Nc2ccc(Cl)cc2)CC1)Cc1ccc(F)cc1. The van der Waals surface area contributed by atoms with Crippen molar-refractivity contribution < 1.29 is 14.0 Å². The maximum atomic E-state index is 13.3. The Hall–Kier alpha value is -2.94. The van der Waals surface area contributed by atoms with Gasteiger partial charge >= 0.3 is 6.03 Å². The van der Waals surface area contributed by atoms with E-state index in [9.17, 15) is 14.0 Å². The zero-order valence-electron chi connectivity index (χ0n) is 19.3. The average Bonchev–Trinajstić information content (AvgIpc) is 3.37. The van der Waals surface area contributed by atoms with E-state index >= 15 is 0 Å². The van der Waals surface area contributed by atoms with Crippen LogP contribution >= 0.6 is 22.9 Å². The standard InChI is InChI=1S/C26H28ClFN4O2S/c27-21-5-9-23(10-6-21)29-26(34)31-14-11-30(12-15-31)13-16-32(19-20-3-7-22(28)8-4-20)25(33)18-24-2-1-17-35-24/h1-10,17H,11-16,18-19H2,(H,29,34). The molecule has 4 rings (SSSR count).